The van der Waals surface area contributed by atoms with Crippen LogP contribution in [0.25, 0.3) is 11.3 Å². The molecule has 72 valence electrons. The van der Waals surface area contributed by atoms with E-state index in [0.717, 1.165) is 0 Å². The average Bonchev–Trinajstić information content (AvgIpc) is 2.51. The largest absolute Gasteiger partial charge is 0.506 e. The number of hydrogen-bond acceptors (Lipinski definition) is 1. The van der Waals surface area contributed by atoms with Crippen molar-refractivity contribution in [3.63, 3.8) is 0 Å². The molecule has 2 N–H and O–H groups in total. The highest BCUT2D eigenvalue weighted by Gasteiger charge is 2.10. The third-order valence-electron chi connectivity index (χ3n) is 1.90. The van der Waals surface area contributed by atoms with E-state index in [4.69, 9.17) is 5.11 Å². The molecule has 1 aromatic heterocycles. The van der Waals surface area contributed by atoms with Gasteiger partial charge in [-0.25, -0.2) is 4.39 Å². The van der Waals surface area contributed by atoms with Gasteiger partial charge < -0.3 is 10.1 Å². The summed E-state index contributed by atoms with van der Waals surface area (Å²) in [7, 11) is 0. The number of hydrogen-bond donors (Lipinski definition) is 2. The van der Waals surface area contributed by atoms with E-state index in [1.165, 1.54) is 18.3 Å². The molecule has 14 heavy (non-hydrogen) atoms. The first-order valence-corrected chi connectivity index (χ1v) is 4.79. The minimum Gasteiger partial charge on any atom is -0.506 e. The minimum absolute atomic E-state index is 0.0927. The van der Waals surface area contributed by atoms with Gasteiger partial charge in [0.2, 0.25) is 0 Å². The van der Waals surface area contributed by atoms with Crippen LogP contribution in [-0.4, -0.2) is 10.1 Å². The van der Waals surface area contributed by atoms with Crippen molar-refractivity contribution in [2.75, 3.05) is 0 Å². The molecule has 0 aliphatic heterocycles. The van der Waals surface area contributed by atoms with E-state index in [2.05, 4.69) is 20.9 Å². The van der Waals surface area contributed by atoms with E-state index in [1.54, 1.807) is 12.1 Å². The molecule has 4 heteroatoms. The highest BCUT2D eigenvalue weighted by Crippen LogP contribution is 2.31. The summed E-state index contributed by atoms with van der Waals surface area (Å²) in [5, 5.41) is 9.13. The summed E-state index contributed by atoms with van der Waals surface area (Å²) in [5.74, 6) is -0.239. The molecule has 2 rings (SSSR count). The van der Waals surface area contributed by atoms with Gasteiger partial charge in [0.1, 0.15) is 11.6 Å². The van der Waals surface area contributed by atoms with Crippen LogP contribution in [0.5, 0.6) is 5.75 Å². The Balaban J connectivity index is 2.61. The fourth-order valence-corrected chi connectivity index (χ4v) is 1.84. The maximum atomic E-state index is 13.4. The highest BCUT2D eigenvalue weighted by atomic mass is 79.9. The predicted octanol–water partition coefficient (Wildman–Crippen LogP) is 3.29. The van der Waals surface area contributed by atoms with Crippen molar-refractivity contribution in [1.29, 1.82) is 0 Å². The number of halogens is 2. The maximum absolute atomic E-state index is 13.4. The van der Waals surface area contributed by atoms with Crippen molar-refractivity contribution in [2.24, 2.45) is 0 Å². The molecule has 0 fully saturated rings. The molecule has 0 atom stereocenters. The lowest BCUT2D eigenvalue weighted by molar-refractivity contribution is 0.476. The molecule has 0 radical (unpaired) electrons. The van der Waals surface area contributed by atoms with E-state index in [9.17, 15) is 4.39 Å². The summed E-state index contributed by atoms with van der Waals surface area (Å²) in [4.78, 5) is 2.78. The van der Waals surface area contributed by atoms with Crippen LogP contribution in [0.15, 0.2) is 34.9 Å². The number of aromatic amines is 1. The number of aromatic nitrogens is 1. The minimum atomic E-state index is -0.332. The first-order chi connectivity index (χ1) is 6.68. The zero-order valence-corrected chi connectivity index (χ0v) is 8.68. The van der Waals surface area contributed by atoms with Crippen LogP contribution in [0.1, 0.15) is 0 Å². The van der Waals surface area contributed by atoms with Gasteiger partial charge in [0, 0.05) is 22.3 Å². The van der Waals surface area contributed by atoms with Gasteiger partial charge >= 0.3 is 0 Å². The standard InChI is InChI=1S/C10H7BrFNO/c11-7-2-1-3-8(12)10(7)9-4-6(14)5-13-9/h1-5,13-14H. The Labute approximate surface area is 88.5 Å². The fourth-order valence-electron chi connectivity index (χ4n) is 1.28. The molecule has 0 saturated heterocycles. The van der Waals surface area contributed by atoms with Gasteiger partial charge in [0.05, 0.1) is 5.69 Å². The van der Waals surface area contributed by atoms with E-state index in [1.807, 2.05) is 0 Å². The zero-order valence-electron chi connectivity index (χ0n) is 7.09. The second-order valence-electron chi connectivity index (χ2n) is 2.87. The van der Waals surface area contributed by atoms with Crippen LogP contribution >= 0.6 is 15.9 Å². The molecule has 0 saturated carbocycles. The number of benzene rings is 1. The van der Waals surface area contributed by atoms with Crippen molar-refractivity contribution >= 4 is 15.9 Å². The van der Waals surface area contributed by atoms with E-state index in [0.29, 0.717) is 15.7 Å². The molecule has 0 aliphatic rings. The summed E-state index contributed by atoms with van der Waals surface area (Å²) in [6.45, 7) is 0. The third-order valence-corrected chi connectivity index (χ3v) is 2.56. The quantitative estimate of drug-likeness (QED) is 0.806. The number of nitrogens with one attached hydrogen (secondary N) is 1. The first kappa shape index (κ1) is 9.27. The molecular weight excluding hydrogens is 249 g/mol. The van der Waals surface area contributed by atoms with Gasteiger partial charge in [-0.15, -0.1) is 0 Å². The normalized spacial score (nSPS) is 10.4. The number of H-pyrrole nitrogens is 1. The highest BCUT2D eigenvalue weighted by molar-refractivity contribution is 9.10. The Morgan fingerprint density at radius 1 is 1.36 bits per heavy atom. The molecule has 2 aromatic rings. The lowest BCUT2D eigenvalue weighted by atomic mass is 10.1. The Hall–Kier alpha value is -1.29. The summed E-state index contributed by atoms with van der Waals surface area (Å²) in [5.41, 5.74) is 0.972. The Morgan fingerprint density at radius 2 is 2.14 bits per heavy atom. The molecule has 0 aliphatic carbocycles. The molecule has 0 amide bonds. The molecule has 0 bridgehead atoms. The third kappa shape index (κ3) is 1.53. The average molecular weight is 256 g/mol. The second kappa shape index (κ2) is 3.46. The van der Waals surface area contributed by atoms with Gasteiger partial charge in [0.25, 0.3) is 0 Å². The number of rotatable bonds is 1. The van der Waals surface area contributed by atoms with Crippen molar-refractivity contribution in [3.05, 3.63) is 40.8 Å². The molecule has 1 heterocycles. The second-order valence-corrected chi connectivity index (χ2v) is 3.72. The van der Waals surface area contributed by atoms with Crippen molar-refractivity contribution in [3.8, 4) is 17.0 Å². The monoisotopic (exact) mass is 255 g/mol. The molecular formula is C10H7BrFNO. The SMILES string of the molecule is Oc1c[nH]c(-c2c(F)cccc2Br)c1. The topological polar surface area (TPSA) is 36.0 Å². The lowest BCUT2D eigenvalue weighted by Gasteiger charge is -2.02. The van der Waals surface area contributed by atoms with Crippen molar-refractivity contribution < 1.29 is 9.50 Å². The fraction of sp³-hybridized carbons (Fsp3) is 0. The van der Waals surface area contributed by atoms with Crippen LogP contribution < -0.4 is 0 Å². The zero-order chi connectivity index (χ0) is 10.1. The van der Waals surface area contributed by atoms with E-state index < -0.39 is 0 Å². The maximum Gasteiger partial charge on any atom is 0.133 e. The predicted molar refractivity (Wildman–Crippen MR) is 55.6 cm³/mol. The Bertz CT molecular complexity index is 447. The van der Waals surface area contributed by atoms with Crippen LogP contribution in [0.4, 0.5) is 4.39 Å². The Kier molecular flexibility index (Phi) is 2.29. The van der Waals surface area contributed by atoms with Crippen LogP contribution in [0.3, 0.4) is 0 Å². The van der Waals surface area contributed by atoms with E-state index in [-0.39, 0.29) is 11.6 Å². The lowest BCUT2D eigenvalue weighted by Crippen LogP contribution is -1.85. The van der Waals surface area contributed by atoms with Crippen LogP contribution in [-0.2, 0) is 0 Å². The number of aromatic hydroxyl groups is 1. The van der Waals surface area contributed by atoms with Crippen LogP contribution in [0.2, 0.25) is 0 Å². The molecule has 0 spiro atoms. The van der Waals surface area contributed by atoms with Gasteiger partial charge in [-0.3, -0.25) is 0 Å². The molecule has 0 unspecified atom stereocenters. The van der Waals surface area contributed by atoms with Crippen molar-refractivity contribution in [1.82, 2.24) is 4.98 Å². The summed E-state index contributed by atoms with van der Waals surface area (Å²) >= 11 is 3.25. The first-order valence-electron chi connectivity index (χ1n) is 4.00. The summed E-state index contributed by atoms with van der Waals surface area (Å²) < 4.78 is 14.1. The van der Waals surface area contributed by atoms with Gasteiger partial charge in [-0.05, 0) is 28.1 Å². The van der Waals surface area contributed by atoms with E-state index >= 15 is 0 Å². The van der Waals surface area contributed by atoms with Crippen LogP contribution in [0, 0.1) is 5.82 Å². The van der Waals surface area contributed by atoms with Gasteiger partial charge in [-0.1, -0.05) is 6.07 Å². The smallest absolute Gasteiger partial charge is 0.133 e. The summed E-state index contributed by atoms with van der Waals surface area (Å²) in [6.07, 6.45) is 1.41. The Morgan fingerprint density at radius 3 is 2.71 bits per heavy atom. The molecule has 2 nitrogen and oxygen atoms in total. The van der Waals surface area contributed by atoms with Gasteiger partial charge in [-0.2, -0.15) is 0 Å². The van der Waals surface area contributed by atoms with Crippen molar-refractivity contribution in [2.45, 2.75) is 0 Å². The summed E-state index contributed by atoms with van der Waals surface area (Å²) in [6, 6.07) is 6.21. The molecule has 1 aromatic carbocycles. The van der Waals surface area contributed by atoms with Gasteiger partial charge in [0.15, 0.2) is 0 Å².